The molecule has 0 N–H and O–H groups in total. The van der Waals surface area contributed by atoms with Gasteiger partial charge in [-0.05, 0) is 26.7 Å². The van der Waals surface area contributed by atoms with Gasteiger partial charge in [0.05, 0.1) is 12.0 Å². The van der Waals surface area contributed by atoms with Crippen LogP contribution >= 0.6 is 0 Å². The van der Waals surface area contributed by atoms with Crippen molar-refractivity contribution in [1.29, 1.82) is 0 Å². The maximum atomic E-state index is 12.2. The second kappa shape index (κ2) is 12.0. The Morgan fingerprint density at radius 1 is 0.636 bits per heavy atom. The van der Waals surface area contributed by atoms with E-state index >= 15 is 0 Å². The molecule has 0 aromatic heterocycles. The molecular weight excluding hydrogens is 272 g/mol. The Bertz CT molecular complexity index is 283. The molecule has 0 atom stereocenters. The molecular formula is C20H38O2. The van der Waals surface area contributed by atoms with Crippen LogP contribution in [0.25, 0.3) is 0 Å². The third kappa shape index (κ3) is 9.48. The van der Waals surface area contributed by atoms with Crippen LogP contribution in [-0.2, 0) is 9.53 Å². The van der Waals surface area contributed by atoms with Gasteiger partial charge in [-0.25, -0.2) is 0 Å². The molecule has 0 saturated carbocycles. The zero-order valence-electron chi connectivity index (χ0n) is 15.1. The van der Waals surface area contributed by atoms with Gasteiger partial charge in [-0.2, -0.15) is 0 Å². The zero-order valence-corrected chi connectivity index (χ0v) is 15.1. The van der Waals surface area contributed by atoms with Crippen LogP contribution in [-0.4, -0.2) is 12.6 Å². The monoisotopic (exact) mass is 310 g/mol. The minimum Gasteiger partial charge on any atom is -0.465 e. The molecule has 0 radical (unpaired) electrons. The van der Waals surface area contributed by atoms with Gasteiger partial charge in [0.15, 0.2) is 0 Å². The first kappa shape index (κ1) is 19.5. The van der Waals surface area contributed by atoms with E-state index in [0.29, 0.717) is 6.61 Å². The molecule has 1 heterocycles. The van der Waals surface area contributed by atoms with E-state index in [4.69, 9.17) is 4.74 Å². The highest BCUT2D eigenvalue weighted by Gasteiger charge is 2.28. The molecule has 0 unspecified atom stereocenters. The third-order valence-corrected chi connectivity index (χ3v) is 4.98. The highest BCUT2D eigenvalue weighted by atomic mass is 16.5. The normalized spacial score (nSPS) is 24.5. The summed E-state index contributed by atoms with van der Waals surface area (Å²) >= 11 is 0. The Morgan fingerprint density at radius 3 is 1.45 bits per heavy atom. The van der Waals surface area contributed by atoms with E-state index in [1.54, 1.807) is 0 Å². The molecule has 2 heteroatoms. The van der Waals surface area contributed by atoms with E-state index < -0.39 is 0 Å². The standard InChI is InChI=1S/C20H38O2/c1-20(2)17-15-13-11-9-7-5-3-4-6-8-10-12-14-16-18-22-19(20)21/h3-18H2,1-2H3. The molecule has 0 amide bonds. The van der Waals surface area contributed by atoms with Gasteiger partial charge < -0.3 is 4.74 Å². The molecule has 1 aliphatic rings. The Balaban J connectivity index is 2.29. The first-order valence-corrected chi connectivity index (χ1v) is 9.80. The summed E-state index contributed by atoms with van der Waals surface area (Å²) in [4.78, 5) is 12.2. The number of cyclic esters (lactones) is 1. The molecule has 0 bridgehead atoms. The first-order valence-electron chi connectivity index (χ1n) is 9.80. The van der Waals surface area contributed by atoms with E-state index in [0.717, 1.165) is 19.3 Å². The average molecular weight is 311 g/mol. The molecule has 0 aromatic rings. The smallest absolute Gasteiger partial charge is 0.311 e. The fourth-order valence-corrected chi connectivity index (χ4v) is 3.25. The van der Waals surface area contributed by atoms with E-state index in [9.17, 15) is 4.79 Å². The number of hydrogen-bond donors (Lipinski definition) is 0. The Hall–Kier alpha value is -0.530. The maximum absolute atomic E-state index is 12.2. The van der Waals surface area contributed by atoms with Crippen molar-refractivity contribution in [3.05, 3.63) is 0 Å². The number of esters is 1. The van der Waals surface area contributed by atoms with Crippen LogP contribution in [0.5, 0.6) is 0 Å². The lowest BCUT2D eigenvalue weighted by Gasteiger charge is -2.22. The van der Waals surface area contributed by atoms with E-state index in [-0.39, 0.29) is 11.4 Å². The Labute approximate surface area is 138 Å². The van der Waals surface area contributed by atoms with Crippen molar-refractivity contribution in [2.75, 3.05) is 6.61 Å². The van der Waals surface area contributed by atoms with Crippen LogP contribution in [0, 0.1) is 5.41 Å². The minimum atomic E-state index is -0.303. The molecule has 130 valence electrons. The summed E-state index contributed by atoms with van der Waals surface area (Å²) in [5, 5.41) is 0. The van der Waals surface area contributed by atoms with Crippen LogP contribution in [0.1, 0.15) is 110 Å². The van der Waals surface area contributed by atoms with Gasteiger partial charge in [-0.15, -0.1) is 0 Å². The molecule has 1 fully saturated rings. The molecule has 0 aromatic carbocycles. The van der Waals surface area contributed by atoms with Crippen molar-refractivity contribution in [2.24, 2.45) is 5.41 Å². The molecule has 0 spiro atoms. The van der Waals surface area contributed by atoms with Crippen LogP contribution in [0.15, 0.2) is 0 Å². The molecule has 1 rings (SSSR count). The van der Waals surface area contributed by atoms with Gasteiger partial charge in [-0.1, -0.05) is 83.5 Å². The molecule has 2 nitrogen and oxygen atoms in total. The van der Waals surface area contributed by atoms with E-state index in [2.05, 4.69) is 0 Å². The summed E-state index contributed by atoms with van der Waals surface area (Å²) in [6, 6.07) is 0. The minimum absolute atomic E-state index is 0.00502. The number of carbonyl (C=O) groups is 1. The van der Waals surface area contributed by atoms with E-state index in [1.165, 1.54) is 77.0 Å². The van der Waals surface area contributed by atoms with Gasteiger partial charge in [0.25, 0.3) is 0 Å². The van der Waals surface area contributed by atoms with Gasteiger partial charge in [-0.3, -0.25) is 4.79 Å². The van der Waals surface area contributed by atoms with Crippen LogP contribution in [0.2, 0.25) is 0 Å². The second-order valence-corrected chi connectivity index (χ2v) is 7.72. The predicted octanol–water partition coefficient (Wildman–Crippen LogP) is 6.42. The quantitative estimate of drug-likeness (QED) is 0.482. The van der Waals surface area contributed by atoms with Crippen molar-refractivity contribution in [3.63, 3.8) is 0 Å². The van der Waals surface area contributed by atoms with Gasteiger partial charge in [0.1, 0.15) is 0 Å². The molecule has 1 aliphatic heterocycles. The largest absolute Gasteiger partial charge is 0.465 e. The lowest BCUT2D eigenvalue weighted by molar-refractivity contribution is -0.154. The van der Waals surface area contributed by atoms with Crippen molar-refractivity contribution in [2.45, 2.75) is 110 Å². The zero-order chi connectivity index (χ0) is 16.1. The van der Waals surface area contributed by atoms with Crippen molar-refractivity contribution < 1.29 is 9.53 Å². The maximum Gasteiger partial charge on any atom is 0.311 e. The van der Waals surface area contributed by atoms with Crippen molar-refractivity contribution >= 4 is 5.97 Å². The number of rotatable bonds is 0. The highest BCUT2D eigenvalue weighted by molar-refractivity contribution is 5.75. The summed E-state index contributed by atoms with van der Waals surface area (Å²) < 4.78 is 5.48. The summed E-state index contributed by atoms with van der Waals surface area (Å²) in [7, 11) is 0. The lowest BCUT2D eigenvalue weighted by atomic mass is 9.87. The fraction of sp³-hybridized carbons (Fsp3) is 0.950. The number of ether oxygens (including phenoxy) is 1. The Morgan fingerprint density at radius 2 is 1.00 bits per heavy atom. The third-order valence-electron chi connectivity index (χ3n) is 4.98. The van der Waals surface area contributed by atoms with Gasteiger partial charge >= 0.3 is 5.97 Å². The number of carbonyl (C=O) groups excluding carboxylic acids is 1. The van der Waals surface area contributed by atoms with Crippen LogP contribution in [0.3, 0.4) is 0 Å². The topological polar surface area (TPSA) is 26.3 Å². The Kier molecular flexibility index (Phi) is 10.6. The average Bonchev–Trinajstić information content (AvgIpc) is 2.49. The molecule has 0 aliphatic carbocycles. The SMILES string of the molecule is CC1(C)CCCCCCCCCCCCCCCCOC1=O. The van der Waals surface area contributed by atoms with Gasteiger partial charge in [0.2, 0.25) is 0 Å². The summed E-state index contributed by atoms with van der Waals surface area (Å²) in [6.07, 6.45) is 19.4. The summed E-state index contributed by atoms with van der Waals surface area (Å²) in [5.41, 5.74) is -0.303. The summed E-state index contributed by atoms with van der Waals surface area (Å²) in [6.45, 7) is 4.69. The van der Waals surface area contributed by atoms with Crippen LogP contribution in [0.4, 0.5) is 0 Å². The first-order chi connectivity index (χ1) is 10.6. The second-order valence-electron chi connectivity index (χ2n) is 7.72. The van der Waals surface area contributed by atoms with Gasteiger partial charge in [0, 0.05) is 0 Å². The molecule has 22 heavy (non-hydrogen) atoms. The number of hydrogen-bond acceptors (Lipinski definition) is 2. The van der Waals surface area contributed by atoms with Crippen LogP contribution < -0.4 is 0 Å². The fourth-order valence-electron chi connectivity index (χ4n) is 3.25. The summed E-state index contributed by atoms with van der Waals surface area (Å²) in [5.74, 6) is 0.00502. The highest BCUT2D eigenvalue weighted by Crippen LogP contribution is 2.26. The lowest BCUT2D eigenvalue weighted by Crippen LogP contribution is -2.27. The molecule has 1 saturated heterocycles. The van der Waals surface area contributed by atoms with Crippen molar-refractivity contribution in [1.82, 2.24) is 0 Å². The van der Waals surface area contributed by atoms with Crippen molar-refractivity contribution in [3.8, 4) is 0 Å². The van der Waals surface area contributed by atoms with E-state index in [1.807, 2.05) is 13.8 Å². The predicted molar refractivity (Wildman–Crippen MR) is 94.0 cm³/mol.